The van der Waals surface area contributed by atoms with Crippen molar-refractivity contribution in [2.45, 2.75) is 6.61 Å². The van der Waals surface area contributed by atoms with Gasteiger partial charge in [-0.2, -0.15) is 5.26 Å². The zero-order valence-electron chi connectivity index (χ0n) is 10.8. The third-order valence-electron chi connectivity index (χ3n) is 2.61. The molecule has 0 spiro atoms. The predicted octanol–water partition coefficient (Wildman–Crippen LogP) is 4.21. The maximum absolute atomic E-state index is 13.6. The van der Waals surface area contributed by atoms with Crippen LogP contribution in [-0.2, 0) is 11.3 Å². The van der Waals surface area contributed by atoms with Gasteiger partial charge in [0.2, 0.25) is 0 Å². The molecular formula is C15H10BrFN2O2. The largest absolute Gasteiger partial charge is 0.444 e. The van der Waals surface area contributed by atoms with Gasteiger partial charge in [0.05, 0.1) is 0 Å². The highest BCUT2D eigenvalue weighted by atomic mass is 79.9. The molecule has 0 aromatic heterocycles. The molecule has 2 aromatic carbocycles. The number of nitrogens with one attached hydrogen (secondary N) is 1. The van der Waals surface area contributed by atoms with Crippen LogP contribution in [0.4, 0.5) is 14.9 Å². The normalized spacial score (nSPS) is 9.76. The Balaban J connectivity index is 1.99. The number of hydrogen-bond acceptors (Lipinski definition) is 3. The minimum Gasteiger partial charge on any atom is -0.444 e. The Labute approximate surface area is 129 Å². The summed E-state index contributed by atoms with van der Waals surface area (Å²) in [5, 5.41) is 11.2. The number of carbonyl (C=O) groups is 1. The summed E-state index contributed by atoms with van der Waals surface area (Å²) in [5.41, 5.74) is 0.939. The zero-order chi connectivity index (χ0) is 15.2. The summed E-state index contributed by atoms with van der Waals surface area (Å²) < 4.78 is 18.9. The van der Waals surface area contributed by atoms with E-state index in [2.05, 4.69) is 21.2 Å². The van der Waals surface area contributed by atoms with Crippen LogP contribution in [0.1, 0.15) is 11.1 Å². The highest BCUT2D eigenvalue weighted by molar-refractivity contribution is 9.10. The van der Waals surface area contributed by atoms with Gasteiger partial charge in [-0.1, -0.05) is 30.3 Å². The van der Waals surface area contributed by atoms with Gasteiger partial charge < -0.3 is 4.74 Å². The van der Waals surface area contributed by atoms with Crippen LogP contribution in [0.2, 0.25) is 0 Å². The van der Waals surface area contributed by atoms with Crippen molar-refractivity contribution >= 4 is 27.7 Å². The van der Waals surface area contributed by atoms with E-state index in [9.17, 15) is 9.18 Å². The number of rotatable bonds is 3. The van der Waals surface area contributed by atoms with Crippen LogP contribution in [0.15, 0.2) is 46.9 Å². The first-order valence-electron chi connectivity index (χ1n) is 5.97. The lowest BCUT2D eigenvalue weighted by Crippen LogP contribution is -2.13. The lowest BCUT2D eigenvalue weighted by atomic mass is 10.2. The van der Waals surface area contributed by atoms with Gasteiger partial charge in [0, 0.05) is 10.2 Å². The number of ether oxygens (including phenoxy) is 1. The highest BCUT2D eigenvalue weighted by Crippen LogP contribution is 2.24. The second-order valence-corrected chi connectivity index (χ2v) is 4.97. The smallest absolute Gasteiger partial charge is 0.411 e. The summed E-state index contributed by atoms with van der Waals surface area (Å²) in [5.74, 6) is -0.717. The van der Waals surface area contributed by atoms with Crippen LogP contribution in [0.3, 0.4) is 0 Å². The van der Waals surface area contributed by atoms with Crippen LogP contribution in [0.25, 0.3) is 0 Å². The van der Waals surface area contributed by atoms with Gasteiger partial charge in [-0.25, -0.2) is 9.18 Å². The molecule has 0 heterocycles. The van der Waals surface area contributed by atoms with E-state index in [1.165, 1.54) is 6.07 Å². The molecule has 0 fully saturated rings. The third-order valence-corrected chi connectivity index (χ3v) is 3.24. The summed E-state index contributed by atoms with van der Waals surface area (Å²) in [6.45, 7) is 0.118. The molecule has 0 aliphatic rings. The number of amides is 1. The van der Waals surface area contributed by atoms with Crippen molar-refractivity contribution in [1.29, 1.82) is 5.26 Å². The molecule has 1 N–H and O–H groups in total. The van der Waals surface area contributed by atoms with E-state index in [1.807, 2.05) is 30.3 Å². The Morgan fingerprint density at radius 1 is 1.33 bits per heavy atom. The van der Waals surface area contributed by atoms with Gasteiger partial charge in [-0.15, -0.1) is 0 Å². The highest BCUT2D eigenvalue weighted by Gasteiger charge is 2.11. The monoisotopic (exact) mass is 348 g/mol. The molecule has 4 nitrogen and oxygen atoms in total. The SMILES string of the molecule is N#Cc1c(F)cc(NC(=O)OCc2ccccc2)cc1Br. The number of halogens is 2. The molecule has 21 heavy (non-hydrogen) atoms. The van der Waals surface area contributed by atoms with E-state index >= 15 is 0 Å². The van der Waals surface area contributed by atoms with E-state index in [-0.39, 0.29) is 22.3 Å². The average molecular weight is 349 g/mol. The van der Waals surface area contributed by atoms with Crippen LogP contribution in [0, 0.1) is 17.1 Å². The first kappa shape index (κ1) is 15.0. The van der Waals surface area contributed by atoms with Crippen molar-refractivity contribution in [1.82, 2.24) is 0 Å². The summed E-state index contributed by atoms with van der Waals surface area (Å²) in [6, 6.07) is 13.4. The molecule has 0 radical (unpaired) electrons. The number of nitriles is 1. The number of carbonyl (C=O) groups excluding carboxylic acids is 1. The summed E-state index contributed by atoms with van der Waals surface area (Å²) in [7, 11) is 0. The minimum absolute atomic E-state index is 0.113. The van der Waals surface area contributed by atoms with Crippen molar-refractivity contribution < 1.29 is 13.9 Å². The first-order chi connectivity index (χ1) is 10.1. The molecule has 1 amide bonds. The number of anilines is 1. The van der Waals surface area contributed by atoms with Crippen molar-refractivity contribution in [3.05, 3.63) is 63.9 Å². The first-order valence-corrected chi connectivity index (χ1v) is 6.76. The Morgan fingerprint density at radius 3 is 2.67 bits per heavy atom. The maximum Gasteiger partial charge on any atom is 0.411 e. The fraction of sp³-hybridized carbons (Fsp3) is 0.0667. The molecule has 2 rings (SSSR count). The van der Waals surface area contributed by atoms with E-state index < -0.39 is 11.9 Å². The van der Waals surface area contributed by atoms with Crippen LogP contribution in [0.5, 0.6) is 0 Å². The van der Waals surface area contributed by atoms with E-state index in [0.717, 1.165) is 11.6 Å². The van der Waals surface area contributed by atoms with Crippen LogP contribution < -0.4 is 5.32 Å². The average Bonchev–Trinajstić information content (AvgIpc) is 2.46. The van der Waals surface area contributed by atoms with Gasteiger partial charge in [-0.05, 0) is 33.6 Å². The van der Waals surface area contributed by atoms with Crippen LogP contribution in [-0.4, -0.2) is 6.09 Å². The fourth-order valence-corrected chi connectivity index (χ4v) is 2.15. The quantitative estimate of drug-likeness (QED) is 0.903. The maximum atomic E-state index is 13.6. The topological polar surface area (TPSA) is 62.1 Å². The van der Waals surface area contributed by atoms with Gasteiger partial charge in [0.15, 0.2) is 0 Å². The van der Waals surface area contributed by atoms with Crippen molar-refractivity contribution in [2.75, 3.05) is 5.32 Å². The molecule has 0 unspecified atom stereocenters. The summed E-state index contributed by atoms with van der Waals surface area (Å²) >= 11 is 3.07. The standard InChI is InChI=1S/C15H10BrFN2O2/c16-13-6-11(7-14(17)12(13)8-18)19-15(20)21-9-10-4-2-1-3-5-10/h1-7H,9H2,(H,19,20). The van der Waals surface area contributed by atoms with Gasteiger partial charge in [0.25, 0.3) is 0 Å². The second kappa shape index (κ2) is 6.86. The van der Waals surface area contributed by atoms with E-state index in [1.54, 1.807) is 6.07 Å². The fourth-order valence-electron chi connectivity index (χ4n) is 1.63. The van der Waals surface area contributed by atoms with Gasteiger partial charge in [-0.3, -0.25) is 5.32 Å². The lowest BCUT2D eigenvalue weighted by Gasteiger charge is -2.08. The molecule has 0 aliphatic carbocycles. The molecule has 0 aliphatic heterocycles. The van der Waals surface area contributed by atoms with Gasteiger partial charge in [0.1, 0.15) is 24.1 Å². The molecule has 0 saturated heterocycles. The molecule has 2 aromatic rings. The number of benzene rings is 2. The number of nitrogens with zero attached hydrogens (tertiary/aromatic N) is 1. The Morgan fingerprint density at radius 2 is 2.05 bits per heavy atom. The summed E-state index contributed by atoms with van der Waals surface area (Å²) in [6.07, 6.45) is -0.699. The predicted molar refractivity (Wildman–Crippen MR) is 79.1 cm³/mol. The Hall–Kier alpha value is -2.39. The molecule has 6 heteroatoms. The molecule has 0 atom stereocenters. The minimum atomic E-state index is -0.717. The third kappa shape index (κ3) is 4.04. The van der Waals surface area contributed by atoms with E-state index in [4.69, 9.17) is 10.00 Å². The van der Waals surface area contributed by atoms with Crippen LogP contribution >= 0.6 is 15.9 Å². The molecule has 0 saturated carbocycles. The van der Waals surface area contributed by atoms with E-state index in [0.29, 0.717) is 0 Å². The van der Waals surface area contributed by atoms with Gasteiger partial charge >= 0.3 is 6.09 Å². The van der Waals surface area contributed by atoms with Crippen molar-refractivity contribution in [2.24, 2.45) is 0 Å². The van der Waals surface area contributed by atoms with Crippen molar-refractivity contribution in [3.63, 3.8) is 0 Å². The molecule has 106 valence electrons. The number of hydrogen-bond donors (Lipinski definition) is 1. The Kier molecular flexibility index (Phi) is 4.90. The zero-order valence-corrected chi connectivity index (χ0v) is 12.4. The molecular weight excluding hydrogens is 339 g/mol. The Bertz CT molecular complexity index is 676. The summed E-state index contributed by atoms with van der Waals surface area (Å²) in [4.78, 5) is 11.6. The lowest BCUT2D eigenvalue weighted by molar-refractivity contribution is 0.155. The van der Waals surface area contributed by atoms with Crippen molar-refractivity contribution in [3.8, 4) is 6.07 Å². The second-order valence-electron chi connectivity index (χ2n) is 4.11. The molecule has 0 bridgehead atoms.